The molecule has 0 bridgehead atoms. The molecule has 0 aliphatic rings. The van der Waals surface area contributed by atoms with Gasteiger partial charge in [-0.15, -0.1) is 0 Å². The molecule has 1 aromatic heterocycles. The Morgan fingerprint density at radius 3 is 2.65 bits per heavy atom. The number of hydrogen-bond acceptors (Lipinski definition) is 3. The average Bonchev–Trinajstić information content (AvgIpc) is 2.39. The lowest BCUT2D eigenvalue weighted by atomic mass is 10.1. The van der Waals surface area contributed by atoms with Crippen LogP contribution < -0.4 is 5.32 Å². The van der Waals surface area contributed by atoms with Gasteiger partial charge in [-0.3, -0.25) is 4.98 Å². The summed E-state index contributed by atoms with van der Waals surface area (Å²) in [5, 5.41) is 12.6. The fourth-order valence-electron chi connectivity index (χ4n) is 1.63. The van der Waals surface area contributed by atoms with Crippen LogP contribution in [0.1, 0.15) is 24.1 Å². The summed E-state index contributed by atoms with van der Waals surface area (Å²) < 4.78 is 0. The van der Waals surface area contributed by atoms with Gasteiger partial charge in [-0.25, -0.2) is 0 Å². The van der Waals surface area contributed by atoms with Gasteiger partial charge in [0.15, 0.2) is 0 Å². The molecule has 3 nitrogen and oxygen atoms in total. The molecule has 2 rings (SSSR count). The van der Waals surface area contributed by atoms with E-state index in [4.69, 9.17) is 0 Å². The summed E-state index contributed by atoms with van der Waals surface area (Å²) in [4.78, 5) is 4.10. The standard InChI is InChI=1S/C14H16N2O/c1-11(13-3-2-8-15-10-13)16-9-12-4-6-14(17)7-5-12/h2-8,10-11,16-17H,9H2,1H3/t11-/m1/s1. The molecule has 1 atom stereocenters. The second-order valence-corrected chi connectivity index (χ2v) is 4.06. The molecular weight excluding hydrogens is 212 g/mol. The number of benzene rings is 1. The SMILES string of the molecule is C[C@@H](NCc1ccc(O)cc1)c1cccnc1. The van der Waals surface area contributed by atoms with Gasteiger partial charge < -0.3 is 10.4 Å². The number of phenolic OH excluding ortho intramolecular Hbond substituents is 1. The normalized spacial score (nSPS) is 12.3. The summed E-state index contributed by atoms with van der Waals surface area (Å²) in [5.74, 6) is 0.300. The summed E-state index contributed by atoms with van der Waals surface area (Å²) in [6.07, 6.45) is 3.64. The molecule has 2 N–H and O–H groups in total. The lowest BCUT2D eigenvalue weighted by molar-refractivity contribution is 0.474. The molecule has 1 heterocycles. The maximum absolute atomic E-state index is 9.18. The van der Waals surface area contributed by atoms with Gasteiger partial charge >= 0.3 is 0 Å². The molecule has 0 saturated carbocycles. The van der Waals surface area contributed by atoms with E-state index in [2.05, 4.69) is 23.3 Å². The van der Waals surface area contributed by atoms with Crippen molar-refractivity contribution in [2.24, 2.45) is 0 Å². The van der Waals surface area contributed by atoms with Crippen LogP contribution in [0.4, 0.5) is 0 Å². The Hall–Kier alpha value is -1.87. The third-order valence-corrected chi connectivity index (χ3v) is 2.73. The summed E-state index contributed by atoms with van der Waals surface area (Å²) in [5.41, 5.74) is 2.32. The van der Waals surface area contributed by atoms with Crippen molar-refractivity contribution in [1.29, 1.82) is 0 Å². The van der Waals surface area contributed by atoms with Gasteiger partial charge in [0, 0.05) is 25.0 Å². The van der Waals surface area contributed by atoms with E-state index in [1.807, 2.05) is 24.4 Å². The lowest BCUT2D eigenvalue weighted by Gasteiger charge is -2.13. The fourth-order valence-corrected chi connectivity index (χ4v) is 1.63. The highest BCUT2D eigenvalue weighted by Gasteiger charge is 2.04. The number of hydrogen-bond donors (Lipinski definition) is 2. The Kier molecular flexibility index (Phi) is 3.73. The van der Waals surface area contributed by atoms with Gasteiger partial charge in [-0.05, 0) is 36.2 Å². The maximum atomic E-state index is 9.18. The van der Waals surface area contributed by atoms with E-state index < -0.39 is 0 Å². The van der Waals surface area contributed by atoms with E-state index >= 15 is 0 Å². The second-order valence-electron chi connectivity index (χ2n) is 4.06. The van der Waals surface area contributed by atoms with E-state index in [1.54, 1.807) is 18.3 Å². The molecule has 0 radical (unpaired) electrons. The summed E-state index contributed by atoms with van der Waals surface area (Å²) in [7, 11) is 0. The van der Waals surface area contributed by atoms with Crippen molar-refractivity contribution < 1.29 is 5.11 Å². The Morgan fingerprint density at radius 1 is 1.24 bits per heavy atom. The van der Waals surface area contributed by atoms with Crippen molar-refractivity contribution in [3.8, 4) is 5.75 Å². The Balaban J connectivity index is 1.92. The molecule has 3 heteroatoms. The summed E-state index contributed by atoms with van der Waals surface area (Å²) in [6, 6.07) is 11.5. The van der Waals surface area contributed by atoms with E-state index in [0.29, 0.717) is 5.75 Å². The van der Waals surface area contributed by atoms with E-state index in [9.17, 15) is 5.11 Å². The van der Waals surface area contributed by atoms with Gasteiger partial charge in [-0.1, -0.05) is 18.2 Å². The van der Waals surface area contributed by atoms with Crippen molar-refractivity contribution >= 4 is 0 Å². The first-order valence-corrected chi connectivity index (χ1v) is 5.67. The van der Waals surface area contributed by atoms with Crippen molar-refractivity contribution in [2.75, 3.05) is 0 Å². The van der Waals surface area contributed by atoms with Gasteiger partial charge in [0.05, 0.1) is 0 Å². The van der Waals surface area contributed by atoms with Crippen molar-refractivity contribution in [3.63, 3.8) is 0 Å². The zero-order chi connectivity index (χ0) is 12.1. The highest BCUT2D eigenvalue weighted by Crippen LogP contribution is 2.13. The summed E-state index contributed by atoms with van der Waals surface area (Å²) in [6.45, 7) is 2.88. The van der Waals surface area contributed by atoms with Crippen molar-refractivity contribution in [2.45, 2.75) is 19.5 Å². The molecule has 0 fully saturated rings. The average molecular weight is 228 g/mol. The molecule has 0 aliphatic heterocycles. The minimum atomic E-state index is 0.262. The molecule has 0 spiro atoms. The Bertz CT molecular complexity index is 453. The van der Waals surface area contributed by atoms with Crippen LogP contribution >= 0.6 is 0 Å². The van der Waals surface area contributed by atoms with Crippen LogP contribution in [0.25, 0.3) is 0 Å². The van der Waals surface area contributed by atoms with Gasteiger partial charge in [0.1, 0.15) is 5.75 Å². The molecule has 0 unspecified atom stereocenters. The lowest BCUT2D eigenvalue weighted by Crippen LogP contribution is -2.18. The zero-order valence-electron chi connectivity index (χ0n) is 9.80. The predicted octanol–water partition coefficient (Wildman–Crippen LogP) is 2.64. The maximum Gasteiger partial charge on any atom is 0.115 e. The molecular formula is C14H16N2O. The van der Waals surface area contributed by atoms with E-state index in [0.717, 1.165) is 12.1 Å². The first-order valence-electron chi connectivity index (χ1n) is 5.67. The number of aromatic nitrogens is 1. The molecule has 17 heavy (non-hydrogen) atoms. The molecule has 88 valence electrons. The minimum absolute atomic E-state index is 0.262. The molecule has 0 saturated heterocycles. The molecule has 2 aromatic rings. The Morgan fingerprint density at radius 2 is 2.00 bits per heavy atom. The highest BCUT2D eigenvalue weighted by atomic mass is 16.3. The largest absolute Gasteiger partial charge is 0.508 e. The number of rotatable bonds is 4. The monoisotopic (exact) mass is 228 g/mol. The molecule has 0 aliphatic carbocycles. The number of phenols is 1. The second kappa shape index (κ2) is 5.46. The molecule has 0 amide bonds. The van der Waals surface area contributed by atoms with Crippen LogP contribution in [0.2, 0.25) is 0 Å². The van der Waals surface area contributed by atoms with Crippen LogP contribution in [-0.2, 0) is 6.54 Å². The highest BCUT2D eigenvalue weighted by molar-refractivity contribution is 5.26. The van der Waals surface area contributed by atoms with Crippen LogP contribution in [0.3, 0.4) is 0 Å². The smallest absolute Gasteiger partial charge is 0.115 e. The van der Waals surface area contributed by atoms with Crippen LogP contribution in [-0.4, -0.2) is 10.1 Å². The van der Waals surface area contributed by atoms with E-state index in [1.165, 1.54) is 5.56 Å². The first kappa shape index (κ1) is 11.6. The fraction of sp³-hybridized carbons (Fsp3) is 0.214. The predicted molar refractivity (Wildman–Crippen MR) is 67.6 cm³/mol. The number of nitrogens with one attached hydrogen (secondary N) is 1. The number of pyridine rings is 1. The van der Waals surface area contributed by atoms with Gasteiger partial charge in [0.25, 0.3) is 0 Å². The van der Waals surface area contributed by atoms with Crippen LogP contribution in [0.15, 0.2) is 48.8 Å². The third kappa shape index (κ3) is 3.29. The Labute approximate surface area is 101 Å². The van der Waals surface area contributed by atoms with Crippen molar-refractivity contribution in [1.82, 2.24) is 10.3 Å². The number of aromatic hydroxyl groups is 1. The quantitative estimate of drug-likeness (QED) is 0.845. The van der Waals surface area contributed by atoms with Crippen LogP contribution in [0, 0.1) is 0 Å². The molecule has 1 aromatic carbocycles. The number of nitrogens with zero attached hydrogens (tertiary/aromatic N) is 1. The van der Waals surface area contributed by atoms with E-state index in [-0.39, 0.29) is 6.04 Å². The van der Waals surface area contributed by atoms with Gasteiger partial charge in [0.2, 0.25) is 0 Å². The first-order chi connectivity index (χ1) is 8.25. The van der Waals surface area contributed by atoms with Crippen LogP contribution in [0.5, 0.6) is 5.75 Å². The van der Waals surface area contributed by atoms with Gasteiger partial charge in [-0.2, -0.15) is 0 Å². The topological polar surface area (TPSA) is 45.1 Å². The third-order valence-electron chi connectivity index (χ3n) is 2.73. The van der Waals surface area contributed by atoms with Crippen molar-refractivity contribution in [3.05, 3.63) is 59.9 Å². The minimum Gasteiger partial charge on any atom is -0.508 e. The summed E-state index contributed by atoms with van der Waals surface area (Å²) >= 11 is 0. The zero-order valence-corrected chi connectivity index (χ0v) is 9.80.